The van der Waals surface area contributed by atoms with Crippen LogP contribution < -0.4 is 9.16 Å². The average molecular weight is 411 g/mol. The van der Waals surface area contributed by atoms with E-state index in [0.717, 1.165) is 11.5 Å². The number of methoxy groups -OCH3 is 1. The summed E-state index contributed by atoms with van der Waals surface area (Å²) < 4.78 is 11.8. The third-order valence-electron chi connectivity index (χ3n) is 5.67. The molecule has 0 aliphatic heterocycles. The van der Waals surface area contributed by atoms with E-state index in [4.69, 9.17) is 9.16 Å². The summed E-state index contributed by atoms with van der Waals surface area (Å²) in [6.45, 7) is 11.4. The Labute approximate surface area is 174 Å². The summed E-state index contributed by atoms with van der Waals surface area (Å²) in [5, 5.41) is 2.33. The largest absolute Gasteiger partial charge is 0.544 e. The van der Waals surface area contributed by atoms with Crippen molar-refractivity contribution in [3.8, 4) is 11.5 Å². The van der Waals surface area contributed by atoms with E-state index < -0.39 is 8.32 Å². The molecule has 148 valence electrons. The smallest absolute Gasteiger partial charge is 0.250 e. The van der Waals surface area contributed by atoms with Gasteiger partial charge < -0.3 is 9.16 Å². The molecule has 2 nitrogen and oxygen atoms in total. The van der Waals surface area contributed by atoms with Gasteiger partial charge in [0, 0.05) is 10.8 Å². The van der Waals surface area contributed by atoms with Crippen LogP contribution in [-0.2, 0) is 0 Å². The Hall–Kier alpha value is -2.04. The van der Waals surface area contributed by atoms with Crippen LogP contribution in [0, 0.1) is 0 Å². The predicted molar refractivity (Wildman–Crippen MR) is 123 cm³/mol. The van der Waals surface area contributed by atoms with Gasteiger partial charge in [0.15, 0.2) is 0 Å². The van der Waals surface area contributed by atoms with Crippen LogP contribution in [0.15, 0.2) is 66.0 Å². The first-order valence-corrected chi connectivity index (χ1v) is 13.5. The molecular formula is C24H30O2SSi. The fourth-order valence-corrected chi connectivity index (χ4v) is 4.86. The summed E-state index contributed by atoms with van der Waals surface area (Å²) in [7, 11) is -0.129. The molecule has 3 rings (SSSR count). The second-order valence-electron chi connectivity index (χ2n) is 8.65. The molecule has 0 fully saturated rings. The van der Waals surface area contributed by atoms with E-state index in [1.54, 1.807) is 18.4 Å². The molecule has 0 spiro atoms. The van der Waals surface area contributed by atoms with Gasteiger partial charge in [-0.3, -0.25) is 0 Å². The zero-order valence-electron chi connectivity index (χ0n) is 17.7. The molecule has 28 heavy (non-hydrogen) atoms. The van der Waals surface area contributed by atoms with Gasteiger partial charge in [-0.2, -0.15) is 0 Å². The lowest BCUT2D eigenvalue weighted by atomic mass is 9.90. The van der Waals surface area contributed by atoms with Gasteiger partial charge in [0.05, 0.1) is 7.11 Å². The van der Waals surface area contributed by atoms with Crippen LogP contribution in [0.25, 0.3) is 0 Å². The minimum Gasteiger partial charge on any atom is -0.544 e. The zero-order valence-corrected chi connectivity index (χ0v) is 19.5. The lowest BCUT2D eigenvalue weighted by molar-refractivity contribution is 0.414. The molecule has 0 unspecified atom stereocenters. The maximum absolute atomic E-state index is 6.45. The molecule has 0 amide bonds. The van der Waals surface area contributed by atoms with Crippen LogP contribution in [-0.4, -0.2) is 15.4 Å². The Morgan fingerprint density at radius 2 is 1.36 bits per heavy atom. The molecule has 1 heterocycles. The maximum Gasteiger partial charge on any atom is 0.250 e. The van der Waals surface area contributed by atoms with Crippen LogP contribution in [0.5, 0.6) is 11.5 Å². The summed E-state index contributed by atoms with van der Waals surface area (Å²) in [6, 6.07) is 21.4. The molecule has 2 aromatic carbocycles. The molecule has 0 saturated heterocycles. The van der Waals surface area contributed by atoms with Gasteiger partial charge in [0.2, 0.25) is 8.32 Å². The molecule has 0 aliphatic carbocycles. The normalized spacial score (nSPS) is 13.2. The third kappa shape index (κ3) is 4.50. The van der Waals surface area contributed by atoms with Crippen LogP contribution in [0.2, 0.25) is 18.1 Å². The van der Waals surface area contributed by atoms with Gasteiger partial charge in [-0.25, -0.2) is 0 Å². The predicted octanol–water partition coefficient (Wildman–Crippen LogP) is 7.32. The van der Waals surface area contributed by atoms with Gasteiger partial charge in [0.25, 0.3) is 0 Å². The monoisotopic (exact) mass is 410 g/mol. The van der Waals surface area contributed by atoms with E-state index in [-0.39, 0.29) is 11.0 Å². The highest BCUT2D eigenvalue weighted by atomic mass is 32.1. The number of benzene rings is 2. The highest BCUT2D eigenvalue weighted by Crippen LogP contribution is 2.39. The second-order valence-corrected chi connectivity index (χ2v) is 14.4. The Bertz CT molecular complexity index is 876. The quantitative estimate of drug-likeness (QED) is 0.396. The summed E-state index contributed by atoms with van der Waals surface area (Å²) in [4.78, 5) is 1.34. The molecule has 0 N–H and O–H groups in total. The highest BCUT2D eigenvalue weighted by molar-refractivity contribution is 7.10. The molecule has 0 aliphatic rings. The lowest BCUT2D eigenvalue weighted by Crippen LogP contribution is -2.43. The van der Waals surface area contributed by atoms with Crippen molar-refractivity contribution in [3.05, 3.63) is 82.0 Å². The van der Waals surface area contributed by atoms with Crippen molar-refractivity contribution in [1.82, 2.24) is 0 Å². The fourth-order valence-electron chi connectivity index (χ4n) is 2.95. The SMILES string of the molecule is COc1ccc([C@@H](c2ccc(O[Si](C)(C)C(C)(C)C)cc2)c2cccs2)cc1. The van der Waals surface area contributed by atoms with E-state index in [2.05, 4.69) is 87.8 Å². The first-order valence-electron chi connectivity index (χ1n) is 9.67. The zero-order chi connectivity index (χ0) is 20.4. The van der Waals surface area contributed by atoms with Crippen LogP contribution in [0.4, 0.5) is 0 Å². The van der Waals surface area contributed by atoms with Gasteiger partial charge in [0.1, 0.15) is 11.5 Å². The van der Waals surface area contributed by atoms with E-state index >= 15 is 0 Å². The molecule has 0 radical (unpaired) electrons. The average Bonchev–Trinajstić information content (AvgIpc) is 3.17. The summed E-state index contributed by atoms with van der Waals surface area (Å²) in [5.41, 5.74) is 2.54. The van der Waals surface area contributed by atoms with E-state index in [1.165, 1.54) is 16.0 Å². The molecule has 1 aromatic heterocycles. The molecular weight excluding hydrogens is 380 g/mol. The number of hydrogen-bond acceptors (Lipinski definition) is 3. The number of ether oxygens (including phenoxy) is 1. The number of thiophene rings is 1. The van der Waals surface area contributed by atoms with Gasteiger partial charge in [-0.05, 0) is 65.0 Å². The van der Waals surface area contributed by atoms with Gasteiger partial charge in [-0.15, -0.1) is 11.3 Å². The minimum absolute atomic E-state index is 0.189. The Morgan fingerprint density at radius 3 is 1.79 bits per heavy atom. The lowest BCUT2D eigenvalue weighted by Gasteiger charge is -2.36. The molecule has 0 bridgehead atoms. The van der Waals surface area contributed by atoms with Gasteiger partial charge in [-0.1, -0.05) is 51.1 Å². The van der Waals surface area contributed by atoms with Gasteiger partial charge >= 0.3 is 0 Å². The third-order valence-corrected chi connectivity index (χ3v) is 11.0. The first-order chi connectivity index (χ1) is 13.2. The topological polar surface area (TPSA) is 18.5 Å². The van der Waals surface area contributed by atoms with Crippen molar-refractivity contribution in [2.24, 2.45) is 0 Å². The fraction of sp³-hybridized carbons (Fsp3) is 0.333. The van der Waals surface area contributed by atoms with E-state index in [0.29, 0.717) is 0 Å². The van der Waals surface area contributed by atoms with Crippen molar-refractivity contribution in [2.75, 3.05) is 7.11 Å². The number of hydrogen-bond donors (Lipinski definition) is 0. The van der Waals surface area contributed by atoms with Crippen LogP contribution in [0.1, 0.15) is 42.7 Å². The van der Waals surface area contributed by atoms with E-state index in [1.807, 2.05) is 12.1 Å². The van der Waals surface area contributed by atoms with Crippen molar-refractivity contribution in [3.63, 3.8) is 0 Å². The first kappa shape index (κ1) is 20.7. The van der Waals surface area contributed by atoms with Crippen molar-refractivity contribution in [1.29, 1.82) is 0 Å². The van der Waals surface area contributed by atoms with Crippen LogP contribution >= 0.6 is 11.3 Å². The Morgan fingerprint density at radius 1 is 0.821 bits per heavy atom. The molecule has 4 heteroatoms. The Kier molecular flexibility index (Phi) is 6.01. The molecule has 1 atom stereocenters. The molecule has 0 saturated carbocycles. The summed E-state index contributed by atoms with van der Waals surface area (Å²) in [6.07, 6.45) is 0. The standard InChI is InChI=1S/C24H30O2SSi/c1-24(2,3)28(5,6)26-21-15-11-19(12-16-21)23(22-8-7-17-27-22)18-9-13-20(25-4)14-10-18/h7-17,23H,1-6H3/t23-/m0/s1. The van der Waals surface area contributed by atoms with Crippen LogP contribution in [0.3, 0.4) is 0 Å². The van der Waals surface area contributed by atoms with Crippen molar-refractivity contribution in [2.45, 2.75) is 44.8 Å². The highest BCUT2D eigenvalue weighted by Gasteiger charge is 2.38. The summed E-state index contributed by atoms with van der Waals surface area (Å²) >= 11 is 1.79. The number of rotatable bonds is 6. The second kappa shape index (κ2) is 8.14. The van der Waals surface area contributed by atoms with E-state index in [9.17, 15) is 0 Å². The summed E-state index contributed by atoms with van der Waals surface area (Å²) in [5.74, 6) is 2.06. The van der Waals surface area contributed by atoms with Crippen molar-refractivity contribution >= 4 is 19.7 Å². The maximum atomic E-state index is 6.45. The Balaban J connectivity index is 1.91. The van der Waals surface area contributed by atoms with Crippen molar-refractivity contribution < 1.29 is 9.16 Å². The molecule has 3 aromatic rings. The minimum atomic E-state index is -1.83.